The van der Waals surface area contributed by atoms with Crippen LogP contribution >= 0.6 is 11.8 Å². The van der Waals surface area contributed by atoms with E-state index in [9.17, 15) is 19.5 Å². The Labute approximate surface area is 199 Å². The van der Waals surface area contributed by atoms with Crippen molar-refractivity contribution in [2.75, 3.05) is 23.6 Å². The first-order valence-electron chi connectivity index (χ1n) is 10.7. The number of carbonyl (C=O) groups is 3. The summed E-state index contributed by atoms with van der Waals surface area (Å²) in [7, 11) is 1.56. The van der Waals surface area contributed by atoms with E-state index < -0.39 is 24.0 Å². The molecule has 2 amide bonds. The van der Waals surface area contributed by atoms with E-state index in [0.717, 1.165) is 22.3 Å². The largest absolute Gasteiger partial charge is 0.480 e. The first-order chi connectivity index (χ1) is 16.5. The molecule has 9 nitrogen and oxygen atoms in total. The summed E-state index contributed by atoms with van der Waals surface area (Å²) in [4.78, 5) is 38.5. The molecule has 1 aliphatic heterocycles. The quantitative estimate of drug-likeness (QED) is 0.578. The average molecular weight is 479 g/mol. The second kappa shape index (κ2) is 8.86. The molecular formula is C24H22N4O5S. The number of carboxylic acids is 1. The molecular weight excluding hydrogens is 456 g/mol. The number of thioether (sulfide) groups is 1. The number of nitrogens with one attached hydrogen (secondary N) is 1. The summed E-state index contributed by atoms with van der Waals surface area (Å²) in [5, 5.41) is 16.1. The summed E-state index contributed by atoms with van der Waals surface area (Å²) in [6.07, 6.45) is 0.641. The molecule has 0 saturated carbocycles. The highest BCUT2D eigenvalue weighted by Gasteiger charge is 2.37. The molecule has 2 aromatic carbocycles. The Balaban J connectivity index is 1.30. The number of fused-ring (bicyclic) bond motifs is 3. The predicted octanol–water partition coefficient (Wildman–Crippen LogP) is 3.38. The molecule has 1 fully saturated rings. The van der Waals surface area contributed by atoms with Gasteiger partial charge in [-0.3, -0.25) is 14.8 Å². The van der Waals surface area contributed by atoms with Crippen LogP contribution in [-0.2, 0) is 16.6 Å². The molecule has 0 spiro atoms. The van der Waals surface area contributed by atoms with E-state index in [-0.39, 0.29) is 29.8 Å². The second-order valence-corrected chi connectivity index (χ2v) is 9.11. The Kier molecular flexibility index (Phi) is 5.74. The number of ether oxygens (including phenoxy) is 1. The van der Waals surface area contributed by atoms with E-state index in [4.69, 9.17) is 4.74 Å². The minimum absolute atomic E-state index is 0.0916. The van der Waals surface area contributed by atoms with Crippen LogP contribution < -0.4 is 5.32 Å². The van der Waals surface area contributed by atoms with Gasteiger partial charge in [0.2, 0.25) is 0 Å². The van der Waals surface area contributed by atoms with Gasteiger partial charge in [-0.1, -0.05) is 48.5 Å². The van der Waals surface area contributed by atoms with Crippen molar-refractivity contribution in [3.8, 4) is 11.1 Å². The summed E-state index contributed by atoms with van der Waals surface area (Å²) < 4.78 is 6.88. The van der Waals surface area contributed by atoms with Gasteiger partial charge in [-0.15, -0.1) is 11.8 Å². The van der Waals surface area contributed by atoms with Crippen molar-refractivity contribution in [3.63, 3.8) is 0 Å². The summed E-state index contributed by atoms with van der Waals surface area (Å²) in [5.74, 6) is -1.09. The smallest absolute Gasteiger partial charge is 0.411 e. The van der Waals surface area contributed by atoms with E-state index in [1.54, 1.807) is 7.05 Å². The zero-order chi connectivity index (χ0) is 23.8. The Morgan fingerprint density at radius 2 is 1.76 bits per heavy atom. The molecule has 0 unspecified atom stereocenters. The van der Waals surface area contributed by atoms with Crippen molar-refractivity contribution < 1.29 is 24.2 Å². The molecule has 34 heavy (non-hydrogen) atoms. The van der Waals surface area contributed by atoms with Crippen LogP contribution in [0.2, 0.25) is 0 Å². The number of aliphatic carboxylic acids is 1. The lowest BCUT2D eigenvalue weighted by molar-refractivity contribution is -0.140. The third-order valence-corrected chi connectivity index (χ3v) is 7.16. The molecule has 2 aliphatic rings. The van der Waals surface area contributed by atoms with E-state index in [2.05, 4.69) is 22.5 Å². The van der Waals surface area contributed by atoms with E-state index in [0.29, 0.717) is 5.75 Å². The highest BCUT2D eigenvalue weighted by atomic mass is 32.2. The Morgan fingerprint density at radius 1 is 1.12 bits per heavy atom. The van der Waals surface area contributed by atoms with Gasteiger partial charge in [-0.05, 0) is 22.3 Å². The zero-order valence-electron chi connectivity index (χ0n) is 18.3. The molecule has 1 atom stereocenters. The fraction of sp³-hybridized carbons (Fsp3) is 0.250. The number of hydrogen-bond acceptors (Lipinski definition) is 6. The van der Waals surface area contributed by atoms with E-state index in [1.165, 1.54) is 27.5 Å². The highest BCUT2D eigenvalue weighted by molar-refractivity contribution is 7.99. The number of rotatable bonds is 5. The van der Waals surface area contributed by atoms with Gasteiger partial charge >= 0.3 is 12.1 Å². The van der Waals surface area contributed by atoms with Crippen molar-refractivity contribution in [1.29, 1.82) is 0 Å². The van der Waals surface area contributed by atoms with Gasteiger partial charge in [0.15, 0.2) is 0 Å². The molecule has 1 aliphatic carbocycles. The molecule has 1 aromatic heterocycles. The van der Waals surface area contributed by atoms with Gasteiger partial charge in [0.1, 0.15) is 18.3 Å². The molecule has 2 N–H and O–H groups in total. The third kappa shape index (κ3) is 3.79. The number of carbonyl (C=O) groups excluding carboxylic acids is 2. The minimum Gasteiger partial charge on any atom is -0.480 e. The maximum absolute atomic E-state index is 13.1. The Morgan fingerprint density at radius 3 is 2.41 bits per heavy atom. The monoisotopic (exact) mass is 478 g/mol. The maximum atomic E-state index is 13.1. The van der Waals surface area contributed by atoms with Crippen molar-refractivity contribution in [1.82, 2.24) is 14.7 Å². The van der Waals surface area contributed by atoms with Gasteiger partial charge in [0, 0.05) is 18.7 Å². The lowest BCUT2D eigenvalue weighted by Crippen LogP contribution is -2.42. The first-order valence-corrected chi connectivity index (χ1v) is 11.9. The molecule has 174 valence electrons. The first kappa shape index (κ1) is 22.0. The number of aromatic nitrogens is 2. The topological polar surface area (TPSA) is 114 Å². The van der Waals surface area contributed by atoms with Crippen LogP contribution in [0.1, 0.15) is 27.5 Å². The van der Waals surface area contributed by atoms with Crippen LogP contribution in [0.4, 0.5) is 10.5 Å². The van der Waals surface area contributed by atoms with E-state index in [1.807, 2.05) is 36.4 Å². The fourth-order valence-corrected chi connectivity index (χ4v) is 5.66. The molecule has 2 heterocycles. The Bertz CT molecular complexity index is 1240. The van der Waals surface area contributed by atoms with Crippen molar-refractivity contribution in [2.24, 2.45) is 7.05 Å². The summed E-state index contributed by atoms with van der Waals surface area (Å²) in [5.41, 5.74) is 4.72. The number of hydrogen-bond donors (Lipinski definition) is 2. The van der Waals surface area contributed by atoms with E-state index >= 15 is 0 Å². The van der Waals surface area contributed by atoms with Crippen LogP contribution in [0.5, 0.6) is 0 Å². The molecule has 3 aromatic rings. The predicted molar refractivity (Wildman–Crippen MR) is 127 cm³/mol. The van der Waals surface area contributed by atoms with Crippen molar-refractivity contribution in [3.05, 3.63) is 71.5 Å². The number of nitrogens with zero attached hydrogens (tertiary/aromatic N) is 3. The molecule has 1 saturated heterocycles. The standard InChI is InChI=1S/C24H22N4O5S/c1-27-21(22(29)28-13-34-12-20(28)23(30)31)19(10-25-27)26-24(32)33-11-18-16-8-4-2-6-14(16)15-7-3-5-9-17(15)18/h2-10,18,20H,11-13H2,1H3,(H,26,32)(H,30,31)/t20-/m0/s1. The van der Waals surface area contributed by atoms with Gasteiger partial charge < -0.3 is 14.7 Å². The molecule has 5 rings (SSSR count). The maximum Gasteiger partial charge on any atom is 0.411 e. The van der Waals surface area contributed by atoms with Gasteiger partial charge in [0.05, 0.1) is 17.8 Å². The normalized spacial score (nSPS) is 16.7. The van der Waals surface area contributed by atoms with Crippen LogP contribution in [-0.4, -0.2) is 62.0 Å². The fourth-order valence-electron chi connectivity index (χ4n) is 4.51. The minimum atomic E-state index is -1.06. The number of carboxylic acid groups (broad SMARTS) is 1. The molecule has 0 radical (unpaired) electrons. The summed E-state index contributed by atoms with van der Waals surface area (Å²) in [6.45, 7) is 0.132. The number of amides is 2. The molecule has 10 heteroatoms. The van der Waals surface area contributed by atoms with Crippen LogP contribution in [0.15, 0.2) is 54.7 Å². The lowest BCUT2D eigenvalue weighted by atomic mass is 9.98. The SMILES string of the molecule is Cn1ncc(NC(=O)OCC2c3ccccc3-c3ccccc32)c1C(=O)N1CSC[C@H]1C(=O)O. The third-order valence-electron chi connectivity index (χ3n) is 6.15. The second-order valence-electron chi connectivity index (χ2n) is 8.11. The van der Waals surface area contributed by atoms with Gasteiger partial charge in [-0.2, -0.15) is 5.10 Å². The number of aryl methyl sites for hydroxylation is 1. The number of anilines is 1. The highest BCUT2D eigenvalue weighted by Crippen LogP contribution is 2.44. The summed E-state index contributed by atoms with van der Waals surface area (Å²) in [6, 6.07) is 15.2. The lowest BCUT2D eigenvalue weighted by Gasteiger charge is -2.21. The number of benzene rings is 2. The van der Waals surface area contributed by atoms with Gasteiger partial charge in [0.25, 0.3) is 5.91 Å². The van der Waals surface area contributed by atoms with Gasteiger partial charge in [-0.25, -0.2) is 9.59 Å². The van der Waals surface area contributed by atoms with Crippen molar-refractivity contribution in [2.45, 2.75) is 12.0 Å². The van der Waals surface area contributed by atoms with Crippen LogP contribution in [0.3, 0.4) is 0 Å². The van der Waals surface area contributed by atoms with Crippen LogP contribution in [0, 0.1) is 0 Å². The van der Waals surface area contributed by atoms with Crippen LogP contribution in [0.25, 0.3) is 11.1 Å². The van der Waals surface area contributed by atoms with Crippen molar-refractivity contribution >= 4 is 35.4 Å². The summed E-state index contributed by atoms with van der Waals surface area (Å²) >= 11 is 1.36. The molecule has 0 bridgehead atoms. The zero-order valence-corrected chi connectivity index (χ0v) is 19.1. The Hall–Kier alpha value is -3.79. The average Bonchev–Trinajstić information content (AvgIpc) is 3.54.